The minimum atomic E-state index is -1.65. The molecule has 3 rings (SSSR count). The second-order valence-corrected chi connectivity index (χ2v) is 7.04. The molecule has 1 atom stereocenters. The number of likely N-dealkylation sites (N-methyl/N-ethyl adjacent to an activating group) is 1. The second kappa shape index (κ2) is 9.45. The standard InChI is InChI=1S/C21H21F3N4O2/c1-28(12-19(30)27-17-7-6-15(22)20(23)21(17)24)11-18(29)25-9-8-13-10-26-16-5-3-2-4-14(13)16/h2-7,10,26H,8-9,11-12H2,1H3,(H,25,29)(H,27,30)/p+1. The van der Waals surface area contributed by atoms with E-state index in [1.165, 1.54) is 0 Å². The lowest BCUT2D eigenvalue weighted by atomic mass is 10.1. The molecule has 0 aliphatic rings. The highest BCUT2D eigenvalue weighted by molar-refractivity contribution is 5.91. The molecule has 6 nitrogen and oxygen atoms in total. The number of fused-ring (bicyclic) bond motifs is 1. The summed E-state index contributed by atoms with van der Waals surface area (Å²) >= 11 is 0. The average Bonchev–Trinajstić information content (AvgIpc) is 3.11. The van der Waals surface area contributed by atoms with Crippen molar-refractivity contribution in [2.24, 2.45) is 0 Å². The SMILES string of the molecule is C[NH+](CC(=O)NCCc1c[nH]c2ccccc12)CC(=O)Nc1ccc(F)c(F)c1F. The zero-order valence-corrected chi connectivity index (χ0v) is 16.3. The van der Waals surface area contributed by atoms with E-state index in [-0.39, 0.29) is 19.0 Å². The maximum Gasteiger partial charge on any atom is 0.279 e. The van der Waals surface area contributed by atoms with Crippen molar-refractivity contribution in [3.63, 3.8) is 0 Å². The highest BCUT2D eigenvalue weighted by Crippen LogP contribution is 2.19. The molecular formula is C21H22F3N4O2+. The number of hydrogen-bond acceptors (Lipinski definition) is 2. The maximum absolute atomic E-state index is 13.6. The van der Waals surface area contributed by atoms with Gasteiger partial charge in [-0.2, -0.15) is 0 Å². The third-order valence-electron chi connectivity index (χ3n) is 4.63. The predicted octanol–water partition coefficient (Wildman–Crippen LogP) is 1.40. The molecule has 0 aliphatic carbocycles. The number of hydrogen-bond donors (Lipinski definition) is 4. The maximum atomic E-state index is 13.6. The Hall–Kier alpha value is -3.33. The molecule has 4 N–H and O–H groups in total. The molecule has 1 heterocycles. The van der Waals surface area contributed by atoms with Crippen LogP contribution in [0.4, 0.5) is 18.9 Å². The van der Waals surface area contributed by atoms with E-state index in [0.29, 0.717) is 17.9 Å². The Labute approximate surface area is 171 Å². The Bertz CT molecular complexity index is 1070. The fourth-order valence-corrected chi connectivity index (χ4v) is 3.17. The Kier molecular flexibility index (Phi) is 6.73. The van der Waals surface area contributed by atoms with Crippen LogP contribution in [-0.2, 0) is 16.0 Å². The van der Waals surface area contributed by atoms with Gasteiger partial charge in [-0.15, -0.1) is 0 Å². The van der Waals surface area contributed by atoms with Crippen LogP contribution in [0.2, 0.25) is 0 Å². The van der Waals surface area contributed by atoms with Gasteiger partial charge in [0.25, 0.3) is 11.8 Å². The van der Waals surface area contributed by atoms with Gasteiger partial charge in [-0.1, -0.05) is 18.2 Å². The lowest BCUT2D eigenvalue weighted by molar-refractivity contribution is -0.862. The molecular weight excluding hydrogens is 397 g/mol. The lowest BCUT2D eigenvalue weighted by Gasteiger charge is -2.14. The van der Waals surface area contributed by atoms with Gasteiger partial charge in [0.05, 0.1) is 12.7 Å². The van der Waals surface area contributed by atoms with Gasteiger partial charge in [0, 0.05) is 23.6 Å². The summed E-state index contributed by atoms with van der Waals surface area (Å²) < 4.78 is 39.8. The molecule has 9 heteroatoms. The molecule has 0 saturated carbocycles. The number of nitrogens with one attached hydrogen (secondary N) is 4. The predicted molar refractivity (Wildman–Crippen MR) is 107 cm³/mol. The van der Waals surface area contributed by atoms with E-state index in [1.54, 1.807) is 7.05 Å². The van der Waals surface area contributed by atoms with Crippen molar-refractivity contribution >= 4 is 28.4 Å². The number of para-hydroxylation sites is 1. The number of rotatable bonds is 8. The summed E-state index contributed by atoms with van der Waals surface area (Å²) in [4.78, 5) is 27.8. The molecule has 1 aromatic heterocycles. The Morgan fingerprint density at radius 1 is 1.00 bits per heavy atom. The molecule has 0 bridgehead atoms. The third kappa shape index (κ3) is 5.18. The first-order valence-electron chi connectivity index (χ1n) is 9.41. The molecule has 1 unspecified atom stereocenters. The smallest absolute Gasteiger partial charge is 0.279 e. The molecule has 0 saturated heterocycles. The van der Waals surface area contributed by atoms with E-state index >= 15 is 0 Å². The first kappa shape index (κ1) is 21.4. The van der Waals surface area contributed by atoms with Gasteiger partial charge in [0.15, 0.2) is 30.5 Å². The summed E-state index contributed by atoms with van der Waals surface area (Å²) in [6.45, 7) is 0.329. The van der Waals surface area contributed by atoms with Crippen LogP contribution in [-0.4, -0.2) is 43.5 Å². The Morgan fingerprint density at radius 2 is 1.73 bits per heavy atom. The average molecular weight is 419 g/mol. The number of carbonyl (C=O) groups is 2. The van der Waals surface area contributed by atoms with Crippen LogP contribution in [0.15, 0.2) is 42.6 Å². The molecule has 0 fully saturated rings. The van der Waals surface area contributed by atoms with Crippen molar-refractivity contribution in [3.8, 4) is 0 Å². The van der Waals surface area contributed by atoms with Gasteiger partial charge < -0.3 is 20.5 Å². The molecule has 3 aromatic rings. The first-order valence-corrected chi connectivity index (χ1v) is 9.41. The number of aromatic nitrogens is 1. The topological polar surface area (TPSA) is 78.4 Å². The van der Waals surface area contributed by atoms with Crippen molar-refractivity contribution in [3.05, 3.63) is 65.6 Å². The second-order valence-electron chi connectivity index (χ2n) is 7.04. The van der Waals surface area contributed by atoms with Crippen LogP contribution in [0.3, 0.4) is 0 Å². The number of aromatic amines is 1. The summed E-state index contributed by atoms with van der Waals surface area (Å²) in [7, 11) is 1.63. The summed E-state index contributed by atoms with van der Waals surface area (Å²) in [5.74, 6) is -5.31. The first-order chi connectivity index (χ1) is 14.3. The van der Waals surface area contributed by atoms with Crippen molar-refractivity contribution in [1.29, 1.82) is 0 Å². The minimum absolute atomic E-state index is 0.0293. The molecule has 0 spiro atoms. The van der Waals surface area contributed by atoms with E-state index < -0.39 is 29.0 Å². The van der Waals surface area contributed by atoms with Gasteiger partial charge >= 0.3 is 0 Å². The molecule has 2 aromatic carbocycles. The highest BCUT2D eigenvalue weighted by atomic mass is 19.2. The van der Waals surface area contributed by atoms with Gasteiger partial charge in [-0.3, -0.25) is 9.59 Å². The molecule has 0 aliphatic heterocycles. The highest BCUT2D eigenvalue weighted by Gasteiger charge is 2.18. The fraction of sp³-hybridized carbons (Fsp3) is 0.238. The van der Waals surface area contributed by atoms with E-state index in [9.17, 15) is 22.8 Å². The summed E-state index contributed by atoms with van der Waals surface area (Å²) in [5, 5.41) is 6.10. The van der Waals surface area contributed by atoms with Crippen molar-refractivity contribution < 1.29 is 27.7 Å². The number of H-pyrrole nitrogens is 1. The van der Waals surface area contributed by atoms with Crippen LogP contribution in [0, 0.1) is 17.5 Å². The lowest BCUT2D eigenvalue weighted by Crippen LogP contribution is -3.11. The van der Waals surface area contributed by atoms with Crippen LogP contribution >= 0.6 is 0 Å². The number of benzene rings is 2. The molecule has 30 heavy (non-hydrogen) atoms. The molecule has 158 valence electrons. The van der Waals surface area contributed by atoms with Gasteiger partial charge in [0.2, 0.25) is 0 Å². The largest absolute Gasteiger partial charge is 0.361 e. The number of amides is 2. The van der Waals surface area contributed by atoms with Gasteiger partial charge in [0.1, 0.15) is 0 Å². The Balaban J connectivity index is 1.43. The van der Waals surface area contributed by atoms with Crippen LogP contribution < -0.4 is 15.5 Å². The third-order valence-corrected chi connectivity index (χ3v) is 4.63. The van der Waals surface area contributed by atoms with Crippen LogP contribution in [0.5, 0.6) is 0 Å². The van der Waals surface area contributed by atoms with E-state index in [2.05, 4.69) is 15.6 Å². The van der Waals surface area contributed by atoms with E-state index in [4.69, 9.17) is 0 Å². The van der Waals surface area contributed by atoms with E-state index in [1.807, 2.05) is 30.5 Å². The van der Waals surface area contributed by atoms with E-state index in [0.717, 1.165) is 28.6 Å². The zero-order valence-electron chi connectivity index (χ0n) is 16.3. The van der Waals surface area contributed by atoms with Crippen molar-refractivity contribution in [2.75, 3.05) is 32.0 Å². The Morgan fingerprint density at radius 3 is 2.53 bits per heavy atom. The minimum Gasteiger partial charge on any atom is -0.361 e. The quantitative estimate of drug-likeness (QED) is 0.417. The normalized spacial score (nSPS) is 12.0. The van der Waals surface area contributed by atoms with Crippen LogP contribution in [0.1, 0.15) is 5.56 Å². The zero-order chi connectivity index (χ0) is 21.7. The number of anilines is 1. The number of halogens is 3. The number of quaternary nitrogens is 1. The molecule has 2 amide bonds. The van der Waals surface area contributed by atoms with Crippen LogP contribution in [0.25, 0.3) is 10.9 Å². The van der Waals surface area contributed by atoms with Crippen molar-refractivity contribution in [2.45, 2.75) is 6.42 Å². The summed E-state index contributed by atoms with van der Waals surface area (Å²) in [5.41, 5.74) is 1.68. The van der Waals surface area contributed by atoms with Gasteiger partial charge in [-0.25, -0.2) is 13.2 Å². The van der Waals surface area contributed by atoms with Crippen molar-refractivity contribution in [1.82, 2.24) is 10.3 Å². The fourth-order valence-electron chi connectivity index (χ4n) is 3.17. The summed E-state index contributed by atoms with van der Waals surface area (Å²) in [6.07, 6.45) is 2.57. The molecule has 0 radical (unpaired) electrons. The summed E-state index contributed by atoms with van der Waals surface area (Å²) in [6, 6.07) is 9.56. The number of carbonyl (C=O) groups excluding carboxylic acids is 2. The van der Waals surface area contributed by atoms with Gasteiger partial charge in [-0.05, 0) is 30.2 Å². The monoisotopic (exact) mass is 419 g/mol.